The maximum absolute atomic E-state index is 3.53. The first-order valence-electron chi connectivity index (χ1n) is 5.33. The van der Waals surface area contributed by atoms with Crippen molar-refractivity contribution in [3.8, 4) is 0 Å². The van der Waals surface area contributed by atoms with Gasteiger partial charge in [-0.05, 0) is 29.8 Å². The van der Waals surface area contributed by atoms with Gasteiger partial charge in [-0.25, -0.2) is 0 Å². The van der Waals surface area contributed by atoms with Gasteiger partial charge in [0, 0.05) is 0 Å². The van der Waals surface area contributed by atoms with Crippen LogP contribution in [0.3, 0.4) is 0 Å². The second-order valence-electron chi connectivity index (χ2n) is 6.46. The third-order valence-corrected chi connectivity index (χ3v) is 2.58. The first kappa shape index (κ1) is 13.0. The van der Waals surface area contributed by atoms with E-state index >= 15 is 0 Å². The summed E-state index contributed by atoms with van der Waals surface area (Å²) in [5.74, 6) is 0.731. The largest absolute Gasteiger partial charge is 0.316 e. The Labute approximate surface area is 84.3 Å². The molecular weight excluding hydrogens is 158 g/mol. The Kier molecular flexibility index (Phi) is 4.44. The zero-order chi connectivity index (χ0) is 10.7. The lowest BCUT2D eigenvalue weighted by atomic mass is 9.82. The van der Waals surface area contributed by atoms with E-state index in [0.717, 1.165) is 19.0 Å². The second-order valence-corrected chi connectivity index (χ2v) is 6.46. The molecule has 0 rings (SSSR count). The van der Waals surface area contributed by atoms with E-state index in [-0.39, 0.29) is 0 Å². The van der Waals surface area contributed by atoms with E-state index in [4.69, 9.17) is 0 Å². The molecule has 1 N–H and O–H groups in total. The molecule has 1 heteroatoms. The van der Waals surface area contributed by atoms with E-state index in [0.29, 0.717) is 10.8 Å². The summed E-state index contributed by atoms with van der Waals surface area (Å²) >= 11 is 0. The monoisotopic (exact) mass is 185 g/mol. The fraction of sp³-hybridized carbons (Fsp3) is 1.00. The molecule has 0 amide bonds. The van der Waals surface area contributed by atoms with Crippen molar-refractivity contribution in [1.29, 1.82) is 0 Å². The van der Waals surface area contributed by atoms with Crippen molar-refractivity contribution in [2.24, 2.45) is 16.7 Å². The van der Waals surface area contributed by atoms with Gasteiger partial charge >= 0.3 is 0 Å². The molecule has 0 aromatic heterocycles. The minimum Gasteiger partial charge on any atom is -0.316 e. The van der Waals surface area contributed by atoms with Gasteiger partial charge in [-0.1, -0.05) is 48.5 Å². The van der Waals surface area contributed by atoms with Gasteiger partial charge in [-0.3, -0.25) is 0 Å². The molecular formula is C12H27N. The summed E-state index contributed by atoms with van der Waals surface area (Å²) in [6, 6.07) is 0. The Bertz CT molecular complexity index is 136. The summed E-state index contributed by atoms with van der Waals surface area (Å²) in [6.45, 7) is 18.2. The van der Waals surface area contributed by atoms with Crippen LogP contribution in [0.4, 0.5) is 0 Å². The smallest absolute Gasteiger partial charge is 0.000000747 e. The Hall–Kier alpha value is -0.0400. The molecule has 0 aliphatic rings. The first-order valence-corrected chi connectivity index (χ1v) is 5.33. The quantitative estimate of drug-likeness (QED) is 0.711. The lowest BCUT2D eigenvalue weighted by molar-refractivity contribution is 0.242. The van der Waals surface area contributed by atoms with Crippen molar-refractivity contribution in [2.45, 2.75) is 48.5 Å². The molecule has 0 aliphatic heterocycles. The summed E-state index contributed by atoms with van der Waals surface area (Å²) < 4.78 is 0. The first-order chi connectivity index (χ1) is 5.63. The Balaban J connectivity index is 3.67. The standard InChI is InChI=1S/C12H27N/c1-10(12(5,6)7)8-13-9-11(2,3)4/h10,13H,8-9H2,1-7H3. The van der Waals surface area contributed by atoms with Crippen LogP contribution in [0.15, 0.2) is 0 Å². The van der Waals surface area contributed by atoms with Crippen molar-refractivity contribution in [1.82, 2.24) is 5.32 Å². The zero-order valence-corrected chi connectivity index (χ0v) is 10.5. The van der Waals surface area contributed by atoms with Gasteiger partial charge in [-0.2, -0.15) is 0 Å². The van der Waals surface area contributed by atoms with Crippen LogP contribution >= 0.6 is 0 Å². The number of rotatable bonds is 3. The Morgan fingerprint density at radius 2 is 1.46 bits per heavy atom. The van der Waals surface area contributed by atoms with E-state index in [2.05, 4.69) is 53.8 Å². The molecule has 80 valence electrons. The molecule has 0 saturated carbocycles. The van der Waals surface area contributed by atoms with Gasteiger partial charge < -0.3 is 5.32 Å². The van der Waals surface area contributed by atoms with Crippen LogP contribution in [-0.2, 0) is 0 Å². The average Bonchev–Trinajstić information content (AvgIpc) is 1.82. The lowest BCUT2D eigenvalue weighted by Gasteiger charge is -2.29. The van der Waals surface area contributed by atoms with Gasteiger partial charge in [0.1, 0.15) is 0 Å². The second kappa shape index (κ2) is 4.45. The van der Waals surface area contributed by atoms with Crippen LogP contribution in [0.2, 0.25) is 0 Å². The predicted octanol–water partition coefficient (Wildman–Crippen LogP) is 3.30. The van der Waals surface area contributed by atoms with Crippen LogP contribution in [-0.4, -0.2) is 13.1 Å². The van der Waals surface area contributed by atoms with Crippen molar-refractivity contribution in [3.63, 3.8) is 0 Å². The molecule has 0 radical (unpaired) electrons. The van der Waals surface area contributed by atoms with E-state index in [9.17, 15) is 0 Å². The highest BCUT2D eigenvalue weighted by Crippen LogP contribution is 2.24. The molecule has 1 atom stereocenters. The maximum Gasteiger partial charge on any atom is -0.000000747 e. The van der Waals surface area contributed by atoms with Crippen molar-refractivity contribution in [3.05, 3.63) is 0 Å². The number of hydrogen-bond donors (Lipinski definition) is 1. The topological polar surface area (TPSA) is 12.0 Å². The van der Waals surface area contributed by atoms with Gasteiger partial charge in [0.2, 0.25) is 0 Å². The molecule has 0 bridgehead atoms. The molecule has 0 aromatic carbocycles. The highest BCUT2D eigenvalue weighted by molar-refractivity contribution is 4.73. The Morgan fingerprint density at radius 1 is 1.00 bits per heavy atom. The molecule has 0 saturated heterocycles. The highest BCUT2D eigenvalue weighted by Gasteiger charge is 2.20. The molecule has 0 aliphatic carbocycles. The van der Waals surface area contributed by atoms with Crippen molar-refractivity contribution in [2.75, 3.05) is 13.1 Å². The summed E-state index contributed by atoms with van der Waals surface area (Å²) in [6.07, 6.45) is 0. The minimum absolute atomic E-state index is 0.400. The van der Waals surface area contributed by atoms with Gasteiger partial charge in [-0.15, -0.1) is 0 Å². The van der Waals surface area contributed by atoms with Gasteiger partial charge in [0.05, 0.1) is 0 Å². The predicted molar refractivity (Wildman–Crippen MR) is 60.9 cm³/mol. The van der Waals surface area contributed by atoms with E-state index in [1.54, 1.807) is 0 Å². The van der Waals surface area contributed by atoms with Crippen LogP contribution in [0.25, 0.3) is 0 Å². The van der Waals surface area contributed by atoms with E-state index < -0.39 is 0 Å². The number of nitrogens with one attached hydrogen (secondary N) is 1. The van der Waals surface area contributed by atoms with Crippen LogP contribution in [0.5, 0.6) is 0 Å². The van der Waals surface area contributed by atoms with Crippen LogP contribution in [0.1, 0.15) is 48.5 Å². The number of hydrogen-bond acceptors (Lipinski definition) is 1. The molecule has 0 aromatic rings. The third-order valence-electron chi connectivity index (χ3n) is 2.58. The van der Waals surface area contributed by atoms with Crippen molar-refractivity contribution < 1.29 is 0 Å². The SMILES string of the molecule is CC(CNCC(C)(C)C)C(C)(C)C. The van der Waals surface area contributed by atoms with E-state index in [1.807, 2.05) is 0 Å². The van der Waals surface area contributed by atoms with Gasteiger partial charge in [0.15, 0.2) is 0 Å². The normalized spacial score (nSPS) is 15.9. The summed E-state index contributed by atoms with van der Waals surface area (Å²) in [5, 5.41) is 3.53. The van der Waals surface area contributed by atoms with Crippen LogP contribution in [0, 0.1) is 16.7 Å². The lowest BCUT2D eigenvalue weighted by Crippen LogP contribution is -2.34. The molecule has 1 unspecified atom stereocenters. The third kappa shape index (κ3) is 7.06. The van der Waals surface area contributed by atoms with E-state index in [1.165, 1.54) is 0 Å². The van der Waals surface area contributed by atoms with Crippen LogP contribution < -0.4 is 5.32 Å². The zero-order valence-electron chi connectivity index (χ0n) is 10.5. The average molecular weight is 185 g/mol. The van der Waals surface area contributed by atoms with Gasteiger partial charge in [0.25, 0.3) is 0 Å². The summed E-state index contributed by atoms with van der Waals surface area (Å²) in [4.78, 5) is 0. The molecule has 13 heavy (non-hydrogen) atoms. The Morgan fingerprint density at radius 3 is 1.77 bits per heavy atom. The molecule has 0 fully saturated rings. The highest BCUT2D eigenvalue weighted by atomic mass is 14.9. The fourth-order valence-corrected chi connectivity index (χ4v) is 0.970. The minimum atomic E-state index is 0.400. The fourth-order valence-electron chi connectivity index (χ4n) is 0.970. The molecule has 1 nitrogen and oxygen atoms in total. The summed E-state index contributed by atoms with van der Waals surface area (Å²) in [7, 11) is 0. The van der Waals surface area contributed by atoms with Crippen molar-refractivity contribution >= 4 is 0 Å². The summed E-state index contributed by atoms with van der Waals surface area (Å²) in [5.41, 5.74) is 0.822. The molecule has 0 heterocycles. The maximum atomic E-state index is 3.53. The molecule has 0 spiro atoms.